The van der Waals surface area contributed by atoms with Crippen molar-refractivity contribution in [1.29, 1.82) is 0 Å². The summed E-state index contributed by atoms with van der Waals surface area (Å²) in [5.74, 6) is -0.0745. The van der Waals surface area contributed by atoms with Crippen LogP contribution in [0.5, 0.6) is 5.75 Å². The Labute approximate surface area is 158 Å². The fourth-order valence-corrected chi connectivity index (χ4v) is 3.47. The van der Waals surface area contributed by atoms with Crippen molar-refractivity contribution in [1.82, 2.24) is 10.2 Å². The quantitative estimate of drug-likeness (QED) is 0.900. The molecule has 1 saturated heterocycles. The van der Waals surface area contributed by atoms with Gasteiger partial charge in [-0.05, 0) is 42.3 Å². The zero-order valence-corrected chi connectivity index (χ0v) is 15.7. The molecule has 1 fully saturated rings. The number of benzene rings is 2. The Kier molecular flexibility index (Phi) is 5.44. The van der Waals surface area contributed by atoms with Gasteiger partial charge in [0.1, 0.15) is 11.6 Å². The smallest absolute Gasteiger partial charge is 0.254 e. The Balaban J connectivity index is 1.84. The number of halogens is 1. The monoisotopic (exact) mass is 370 g/mol. The molecule has 0 aliphatic carbocycles. The van der Waals surface area contributed by atoms with Gasteiger partial charge in [0.15, 0.2) is 0 Å². The fourth-order valence-electron chi connectivity index (χ4n) is 3.47. The van der Waals surface area contributed by atoms with E-state index in [1.54, 1.807) is 31.1 Å². The lowest BCUT2D eigenvalue weighted by Gasteiger charge is -2.19. The van der Waals surface area contributed by atoms with Gasteiger partial charge in [0, 0.05) is 31.5 Å². The van der Waals surface area contributed by atoms with E-state index in [9.17, 15) is 14.0 Å². The molecule has 0 spiro atoms. The van der Waals surface area contributed by atoms with Crippen LogP contribution in [0.15, 0.2) is 42.5 Å². The van der Waals surface area contributed by atoms with Crippen LogP contribution in [-0.2, 0) is 4.79 Å². The normalized spacial score (nSPS) is 19.0. The second-order valence-corrected chi connectivity index (χ2v) is 6.86. The highest BCUT2D eigenvalue weighted by Gasteiger charge is 2.37. The highest BCUT2D eigenvalue weighted by Crippen LogP contribution is 2.30. The van der Waals surface area contributed by atoms with E-state index in [2.05, 4.69) is 5.32 Å². The summed E-state index contributed by atoms with van der Waals surface area (Å²) in [6.45, 7) is 3.95. The van der Waals surface area contributed by atoms with E-state index in [1.807, 2.05) is 24.3 Å². The SMILES string of the molecule is COc1ccc(C2CN(C(=O)c3ccc(C)c(F)c3)CC2NC(C)=O)cc1. The zero-order chi connectivity index (χ0) is 19.6. The Hall–Kier alpha value is -2.89. The highest BCUT2D eigenvalue weighted by atomic mass is 19.1. The van der Waals surface area contributed by atoms with Crippen LogP contribution in [0.4, 0.5) is 4.39 Å². The Morgan fingerprint density at radius 3 is 2.44 bits per heavy atom. The maximum atomic E-state index is 13.8. The maximum Gasteiger partial charge on any atom is 0.254 e. The zero-order valence-electron chi connectivity index (χ0n) is 15.7. The molecule has 0 aromatic heterocycles. The summed E-state index contributed by atoms with van der Waals surface area (Å²) in [5.41, 5.74) is 1.83. The molecule has 2 unspecified atom stereocenters. The largest absolute Gasteiger partial charge is 0.497 e. The molecule has 142 valence electrons. The first-order chi connectivity index (χ1) is 12.9. The van der Waals surface area contributed by atoms with Crippen LogP contribution in [0.25, 0.3) is 0 Å². The van der Waals surface area contributed by atoms with Crippen LogP contribution < -0.4 is 10.1 Å². The molecule has 2 amide bonds. The summed E-state index contributed by atoms with van der Waals surface area (Å²) in [6.07, 6.45) is 0. The number of aryl methyl sites for hydroxylation is 1. The second-order valence-electron chi connectivity index (χ2n) is 6.86. The first-order valence-electron chi connectivity index (χ1n) is 8.85. The van der Waals surface area contributed by atoms with Gasteiger partial charge in [0.25, 0.3) is 5.91 Å². The number of hydrogen-bond donors (Lipinski definition) is 1. The number of nitrogens with one attached hydrogen (secondary N) is 1. The van der Waals surface area contributed by atoms with Gasteiger partial charge in [-0.2, -0.15) is 0 Å². The standard InChI is InChI=1S/C21H23FN2O3/c1-13-4-5-16(10-19(13)22)21(26)24-11-18(20(12-24)23-14(2)25)15-6-8-17(27-3)9-7-15/h4-10,18,20H,11-12H2,1-3H3,(H,23,25). The molecule has 6 heteroatoms. The van der Waals surface area contributed by atoms with Crippen molar-refractivity contribution in [2.24, 2.45) is 0 Å². The van der Waals surface area contributed by atoms with Crippen LogP contribution in [0.2, 0.25) is 0 Å². The molecule has 1 heterocycles. The molecule has 5 nitrogen and oxygen atoms in total. The fraction of sp³-hybridized carbons (Fsp3) is 0.333. The average molecular weight is 370 g/mol. The summed E-state index contributed by atoms with van der Waals surface area (Å²) in [6, 6.07) is 11.9. The van der Waals surface area contributed by atoms with Crippen LogP contribution in [0, 0.1) is 12.7 Å². The van der Waals surface area contributed by atoms with E-state index in [0.717, 1.165) is 11.3 Å². The van der Waals surface area contributed by atoms with Gasteiger partial charge in [-0.1, -0.05) is 18.2 Å². The Bertz CT molecular complexity index is 851. The minimum absolute atomic E-state index is 0.0425. The van der Waals surface area contributed by atoms with Crippen molar-refractivity contribution in [2.75, 3.05) is 20.2 Å². The van der Waals surface area contributed by atoms with Gasteiger partial charge in [0.05, 0.1) is 13.2 Å². The Morgan fingerprint density at radius 1 is 1.15 bits per heavy atom. The van der Waals surface area contributed by atoms with Gasteiger partial charge in [-0.15, -0.1) is 0 Å². The third kappa shape index (κ3) is 4.10. The summed E-state index contributed by atoms with van der Waals surface area (Å²) in [7, 11) is 1.60. The minimum atomic E-state index is -0.398. The summed E-state index contributed by atoms with van der Waals surface area (Å²) in [5, 5.41) is 2.94. The number of carbonyl (C=O) groups excluding carboxylic acids is 2. The molecule has 1 N–H and O–H groups in total. The van der Waals surface area contributed by atoms with E-state index < -0.39 is 5.82 Å². The van der Waals surface area contributed by atoms with Crippen molar-refractivity contribution in [3.05, 3.63) is 65.0 Å². The van der Waals surface area contributed by atoms with Gasteiger partial charge in [-0.25, -0.2) is 4.39 Å². The van der Waals surface area contributed by atoms with Gasteiger partial charge in [-0.3, -0.25) is 9.59 Å². The molecule has 2 atom stereocenters. The molecule has 3 rings (SSSR count). The van der Waals surface area contributed by atoms with E-state index in [0.29, 0.717) is 24.2 Å². The lowest BCUT2D eigenvalue weighted by atomic mass is 9.94. The molecule has 2 aromatic carbocycles. The molecule has 0 radical (unpaired) electrons. The first-order valence-corrected chi connectivity index (χ1v) is 8.85. The number of amides is 2. The number of methoxy groups -OCH3 is 1. The van der Waals surface area contributed by atoms with Crippen LogP contribution in [0.3, 0.4) is 0 Å². The van der Waals surface area contributed by atoms with Crippen LogP contribution >= 0.6 is 0 Å². The molecule has 27 heavy (non-hydrogen) atoms. The summed E-state index contributed by atoms with van der Waals surface area (Å²) in [4.78, 5) is 26.1. The molecule has 1 aliphatic rings. The molecule has 0 bridgehead atoms. The number of rotatable bonds is 4. The van der Waals surface area contributed by atoms with Crippen LogP contribution in [-0.4, -0.2) is 43.0 Å². The van der Waals surface area contributed by atoms with Crippen molar-refractivity contribution < 1.29 is 18.7 Å². The summed E-state index contributed by atoms with van der Waals surface area (Å²) >= 11 is 0. The topological polar surface area (TPSA) is 58.6 Å². The molecular weight excluding hydrogens is 347 g/mol. The maximum absolute atomic E-state index is 13.8. The van der Waals surface area contributed by atoms with E-state index in [-0.39, 0.29) is 23.8 Å². The van der Waals surface area contributed by atoms with Gasteiger partial charge < -0.3 is 15.0 Å². The predicted molar refractivity (Wildman–Crippen MR) is 100 cm³/mol. The van der Waals surface area contributed by atoms with E-state index in [4.69, 9.17) is 4.74 Å². The predicted octanol–water partition coefficient (Wildman–Crippen LogP) is 2.89. The van der Waals surface area contributed by atoms with Crippen molar-refractivity contribution in [2.45, 2.75) is 25.8 Å². The highest BCUT2D eigenvalue weighted by molar-refractivity contribution is 5.94. The second kappa shape index (κ2) is 7.78. The number of ether oxygens (including phenoxy) is 1. The average Bonchev–Trinajstić information content (AvgIpc) is 3.06. The number of likely N-dealkylation sites (tertiary alicyclic amines) is 1. The minimum Gasteiger partial charge on any atom is -0.497 e. The molecular formula is C21H23FN2O3. The number of nitrogens with zero attached hydrogens (tertiary/aromatic N) is 1. The van der Waals surface area contributed by atoms with Crippen molar-refractivity contribution in [3.8, 4) is 5.75 Å². The van der Waals surface area contributed by atoms with E-state index in [1.165, 1.54) is 13.0 Å². The summed E-state index contributed by atoms with van der Waals surface area (Å²) < 4.78 is 19.0. The van der Waals surface area contributed by atoms with Crippen LogP contribution in [0.1, 0.15) is 34.3 Å². The third-order valence-electron chi connectivity index (χ3n) is 4.96. The number of hydrogen-bond acceptors (Lipinski definition) is 3. The van der Waals surface area contributed by atoms with Crippen molar-refractivity contribution >= 4 is 11.8 Å². The lowest BCUT2D eigenvalue weighted by Crippen LogP contribution is -2.39. The van der Waals surface area contributed by atoms with Gasteiger partial charge >= 0.3 is 0 Å². The molecule has 2 aromatic rings. The lowest BCUT2D eigenvalue weighted by molar-refractivity contribution is -0.119. The Morgan fingerprint density at radius 2 is 1.85 bits per heavy atom. The van der Waals surface area contributed by atoms with E-state index >= 15 is 0 Å². The first kappa shape index (κ1) is 18.9. The van der Waals surface area contributed by atoms with Crippen molar-refractivity contribution in [3.63, 3.8) is 0 Å². The molecule has 1 aliphatic heterocycles. The number of carbonyl (C=O) groups is 2. The third-order valence-corrected chi connectivity index (χ3v) is 4.96. The van der Waals surface area contributed by atoms with Gasteiger partial charge in [0.2, 0.25) is 5.91 Å². The molecule has 0 saturated carbocycles.